The molecule has 0 aromatic heterocycles. The maximum atomic E-state index is 6.35. The van der Waals surface area contributed by atoms with Gasteiger partial charge in [-0.1, -0.05) is 24.3 Å². The molecule has 21 heavy (non-hydrogen) atoms. The van der Waals surface area contributed by atoms with E-state index in [2.05, 4.69) is 55.0 Å². The minimum Gasteiger partial charge on any atom is -0.328 e. The van der Waals surface area contributed by atoms with Crippen molar-refractivity contribution in [1.82, 2.24) is 9.80 Å². The summed E-state index contributed by atoms with van der Waals surface area (Å²) in [5, 5.41) is 0. The number of nitrogens with zero attached hydrogens (tertiary/aromatic N) is 2. The maximum Gasteiger partial charge on any atom is 0.0587 e. The Bertz CT molecular complexity index is 511. The monoisotopic (exact) mass is 287 g/mol. The summed E-state index contributed by atoms with van der Waals surface area (Å²) in [5.41, 5.74) is 9.61. The minimum absolute atomic E-state index is 0.0490. The lowest BCUT2D eigenvalue weighted by Crippen LogP contribution is -2.65. The van der Waals surface area contributed by atoms with Crippen LogP contribution in [0.5, 0.6) is 0 Å². The van der Waals surface area contributed by atoms with Crippen LogP contribution in [0.3, 0.4) is 0 Å². The van der Waals surface area contributed by atoms with Crippen LogP contribution in [0.1, 0.15) is 37.8 Å². The molecule has 1 atom stereocenters. The standard InChI is InChI=1S/C18H29N3/c1-17(2)14-21(12-11-20(17)3)18(13-19)10-6-8-15-7-4-5-9-16(15)18/h4-5,7,9H,6,8,10-14,19H2,1-3H3. The highest BCUT2D eigenvalue weighted by Gasteiger charge is 2.44. The number of fused-ring (bicyclic) bond motifs is 1. The van der Waals surface area contributed by atoms with Crippen LogP contribution in [0.2, 0.25) is 0 Å². The molecule has 3 nitrogen and oxygen atoms in total. The highest BCUT2D eigenvalue weighted by molar-refractivity contribution is 5.37. The molecule has 2 N–H and O–H groups in total. The second-order valence-corrected chi connectivity index (χ2v) is 7.40. The van der Waals surface area contributed by atoms with Gasteiger partial charge in [0.15, 0.2) is 0 Å². The van der Waals surface area contributed by atoms with Gasteiger partial charge >= 0.3 is 0 Å². The van der Waals surface area contributed by atoms with Crippen LogP contribution in [-0.2, 0) is 12.0 Å². The van der Waals surface area contributed by atoms with E-state index >= 15 is 0 Å². The Labute approximate surface area is 129 Å². The summed E-state index contributed by atoms with van der Waals surface area (Å²) in [5.74, 6) is 0. The first-order chi connectivity index (χ1) is 9.99. The molecule has 0 amide bonds. The van der Waals surface area contributed by atoms with Gasteiger partial charge in [-0.3, -0.25) is 9.80 Å². The van der Waals surface area contributed by atoms with Crippen molar-refractivity contribution in [1.29, 1.82) is 0 Å². The summed E-state index contributed by atoms with van der Waals surface area (Å²) < 4.78 is 0. The van der Waals surface area contributed by atoms with Crippen molar-refractivity contribution in [3.63, 3.8) is 0 Å². The summed E-state index contributed by atoms with van der Waals surface area (Å²) in [4.78, 5) is 5.15. The Morgan fingerprint density at radius 3 is 2.67 bits per heavy atom. The molecular formula is C18H29N3. The van der Waals surface area contributed by atoms with E-state index in [0.29, 0.717) is 0 Å². The molecule has 1 heterocycles. The van der Waals surface area contributed by atoms with Gasteiger partial charge in [-0.2, -0.15) is 0 Å². The van der Waals surface area contributed by atoms with Crippen molar-refractivity contribution in [3.05, 3.63) is 35.4 Å². The fourth-order valence-electron chi connectivity index (χ4n) is 4.17. The van der Waals surface area contributed by atoms with E-state index in [-0.39, 0.29) is 11.1 Å². The van der Waals surface area contributed by atoms with Gasteiger partial charge in [0.2, 0.25) is 0 Å². The second kappa shape index (κ2) is 5.38. The van der Waals surface area contributed by atoms with Crippen LogP contribution in [-0.4, -0.2) is 48.6 Å². The number of hydrogen-bond donors (Lipinski definition) is 1. The van der Waals surface area contributed by atoms with Gasteiger partial charge in [-0.25, -0.2) is 0 Å². The SMILES string of the molecule is CN1CCN(C2(CN)CCCc3ccccc32)CC1(C)C. The second-order valence-electron chi connectivity index (χ2n) is 7.40. The molecule has 3 rings (SSSR count). The van der Waals surface area contributed by atoms with Gasteiger partial charge < -0.3 is 5.73 Å². The van der Waals surface area contributed by atoms with E-state index < -0.39 is 0 Å². The van der Waals surface area contributed by atoms with Crippen LogP contribution < -0.4 is 5.73 Å². The quantitative estimate of drug-likeness (QED) is 0.905. The summed E-state index contributed by atoms with van der Waals surface area (Å²) in [7, 11) is 2.24. The Hall–Kier alpha value is -0.900. The largest absolute Gasteiger partial charge is 0.328 e. The first kappa shape index (κ1) is 15.0. The van der Waals surface area contributed by atoms with Gasteiger partial charge in [-0.15, -0.1) is 0 Å². The lowest BCUT2D eigenvalue weighted by atomic mass is 9.74. The predicted molar refractivity (Wildman–Crippen MR) is 88.4 cm³/mol. The summed E-state index contributed by atoms with van der Waals surface area (Å²) in [6.45, 7) is 8.75. The van der Waals surface area contributed by atoms with Gasteiger partial charge in [0, 0.05) is 31.7 Å². The highest BCUT2D eigenvalue weighted by Crippen LogP contribution is 2.41. The smallest absolute Gasteiger partial charge is 0.0587 e. The lowest BCUT2D eigenvalue weighted by molar-refractivity contribution is -0.0314. The first-order valence-corrected chi connectivity index (χ1v) is 8.24. The van der Waals surface area contributed by atoms with E-state index in [4.69, 9.17) is 5.73 Å². The molecule has 0 saturated carbocycles. The third-order valence-electron chi connectivity index (χ3n) is 5.81. The van der Waals surface area contributed by atoms with Crippen molar-refractivity contribution in [3.8, 4) is 0 Å². The topological polar surface area (TPSA) is 32.5 Å². The molecule has 1 fully saturated rings. The van der Waals surface area contributed by atoms with Gasteiger partial charge in [0.1, 0.15) is 0 Å². The van der Waals surface area contributed by atoms with Crippen LogP contribution >= 0.6 is 0 Å². The molecule has 1 aliphatic heterocycles. The number of rotatable bonds is 2. The lowest BCUT2D eigenvalue weighted by Gasteiger charge is -2.54. The molecule has 1 saturated heterocycles. The van der Waals surface area contributed by atoms with E-state index in [1.54, 1.807) is 0 Å². The van der Waals surface area contributed by atoms with Crippen molar-refractivity contribution < 1.29 is 0 Å². The molecule has 1 aromatic rings. The van der Waals surface area contributed by atoms with Crippen molar-refractivity contribution >= 4 is 0 Å². The number of likely N-dealkylation sites (N-methyl/N-ethyl adjacent to an activating group) is 1. The van der Waals surface area contributed by atoms with E-state index in [1.807, 2.05) is 0 Å². The van der Waals surface area contributed by atoms with Gasteiger partial charge in [0.05, 0.1) is 5.54 Å². The van der Waals surface area contributed by atoms with Crippen LogP contribution in [0.15, 0.2) is 24.3 Å². The van der Waals surface area contributed by atoms with E-state index in [1.165, 1.54) is 30.4 Å². The summed E-state index contributed by atoms with van der Waals surface area (Å²) in [6.07, 6.45) is 3.65. The molecule has 0 radical (unpaired) electrons. The Morgan fingerprint density at radius 2 is 1.95 bits per heavy atom. The molecule has 1 unspecified atom stereocenters. The van der Waals surface area contributed by atoms with Gasteiger partial charge in [-0.05, 0) is 51.3 Å². The Kier molecular flexibility index (Phi) is 3.85. The molecule has 116 valence electrons. The summed E-state index contributed by atoms with van der Waals surface area (Å²) in [6, 6.07) is 8.95. The average Bonchev–Trinajstić information content (AvgIpc) is 2.49. The summed E-state index contributed by atoms with van der Waals surface area (Å²) >= 11 is 0. The molecule has 0 spiro atoms. The zero-order valence-corrected chi connectivity index (χ0v) is 13.7. The van der Waals surface area contributed by atoms with Crippen molar-refractivity contribution in [2.24, 2.45) is 5.73 Å². The highest BCUT2D eigenvalue weighted by atomic mass is 15.3. The molecule has 2 aliphatic rings. The third-order valence-corrected chi connectivity index (χ3v) is 5.81. The molecule has 1 aliphatic carbocycles. The fraction of sp³-hybridized carbons (Fsp3) is 0.667. The first-order valence-electron chi connectivity index (χ1n) is 8.24. The number of hydrogen-bond acceptors (Lipinski definition) is 3. The molecular weight excluding hydrogens is 258 g/mol. The average molecular weight is 287 g/mol. The minimum atomic E-state index is 0.0490. The van der Waals surface area contributed by atoms with Crippen LogP contribution in [0.25, 0.3) is 0 Å². The number of aryl methyl sites for hydroxylation is 1. The van der Waals surface area contributed by atoms with Crippen molar-refractivity contribution in [2.75, 3.05) is 33.2 Å². The normalized spacial score (nSPS) is 30.1. The third kappa shape index (κ3) is 2.41. The predicted octanol–water partition coefficient (Wildman–Crippen LogP) is 2.20. The zero-order chi connectivity index (χ0) is 15.1. The molecule has 3 heteroatoms. The molecule has 0 bridgehead atoms. The molecule has 1 aromatic carbocycles. The zero-order valence-electron chi connectivity index (χ0n) is 13.7. The number of nitrogens with two attached hydrogens (primary N) is 1. The van der Waals surface area contributed by atoms with Crippen LogP contribution in [0, 0.1) is 0 Å². The van der Waals surface area contributed by atoms with Crippen LogP contribution in [0.4, 0.5) is 0 Å². The van der Waals surface area contributed by atoms with E-state index in [9.17, 15) is 0 Å². The van der Waals surface area contributed by atoms with Crippen molar-refractivity contribution in [2.45, 2.75) is 44.2 Å². The number of piperazine rings is 1. The number of benzene rings is 1. The van der Waals surface area contributed by atoms with Gasteiger partial charge in [0.25, 0.3) is 0 Å². The maximum absolute atomic E-state index is 6.35. The Balaban J connectivity index is 1.99. The fourth-order valence-corrected chi connectivity index (χ4v) is 4.17. The Morgan fingerprint density at radius 1 is 1.19 bits per heavy atom. The van der Waals surface area contributed by atoms with E-state index in [0.717, 1.165) is 26.2 Å².